The highest BCUT2D eigenvalue weighted by Gasteiger charge is 2.34. The van der Waals surface area contributed by atoms with Gasteiger partial charge in [-0.1, -0.05) is 20.3 Å². The fraction of sp³-hybridized carbons (Fsp3) is 1.00. The largest absolute Gasteiger partial charge is 0.330 e. The van der Waals surface area contributed by atoms with Crippen LogP contribution in [-0.2, 0) is 0 Å². The minimum absolute atomic E-state index is 0.659. The smallest absolute Gasteiger partial charge is 0.000770 e. The van der Waals surface area contributed by atoms with Crippen LogP contribution in [0.1, 0.15) is 46.0 Å². The lowest BCUT2D eigenvalue weighted by Gasteiger charge is -2.41. The zero-order valence-corrected chi connectivity index (χ0v) is 9.81. The first kappa shape index (κ1) is 12.0. The van der Waals surface area contributed by atoms with Crippen LogP contribution in [0.5, 0.6) is 0 Å². The van der Waals surface area contributed by atoms with E-state index >= 15 is 0 Å². The van der Waals surface area contributed by atoms with Crippen LogP contribution < -0.4 is 11.1 Å². The van der Waals surface area contributed by atoms with E-state index in [1.54, 1.807) is 0 Å². The topological polar surface area (TPSA) is 38.0 Å². The minimum atomic E-state index is 0.659. The van der Waals surface area contributed by atoms with Crippen molar-refractivity contribution in [3.8, 4) is 0 Å². The number of hydrogen-bond acceptors (Lipinski definition) is 2. The van der Waals surface area contributed by atoms with Gasteiger partial charge in [0.2, 0.25) is 0 Å². The third-order valence-electron chi connectivity index (χ3n) is 3.88. The second-order valence-electron chi connectivity index (χ2n) is 5.01. The Morgan fingerprint density at radius 1 is 1.43 bits per heavy atom. The number of hydrogen-bond donors (Lipinski definition) is 2. The first-order valence-electron chi connectivity index (χ1n) is 6.13. The molecule has 0 saturated heterocycles. The van der Waals surface area contributed by atoms with Crippen LogP contribution in [0.25, 0.3) is 0 Å². The molecule has 0 amide bonds. The standard InChI is InChI=1S/C12H26N2/c1-3-12(6-4-7-12)10-14-8-5-11(2)9-13/h11,14H,3-10,13H2,1-2H3. The predicted molar refractivity (Wildman–Crippen MR) is 62.3 cm³/mol. The van der Waals surface area contributed by atoms with Crippen LogP contribution in [-0.4, -0.2) is 19.6 Å². The third-order valence-corrected chi connectivity index (χ3v) is 3.88. The molecule has 0 aromatic carbocycles. The molecule has 0 heterocycles. The highest BCUT2D eigenvalue weighted by Crippen LogP contribution is 2.42. The Hall–Kier alpha value is -0.0800. The van der Waals surface area contributed by atoms with Crippen molar-refractivity contribution in [1.82, 2.24) is 5.32 Å². The molecule has 1 aliphatic rings. The van der Waals surface area contributed by atoms with Gasteiger partial charge >= 0.3 is 0 Å². The molecule has 0 aromatic heterocycles. The SMILES string of the molecule is CCC1(CNCCC(C)CN)CCC1. The van der Waals surface area contributed by atoms with Gasteiger partial charge in [0.05, 0.1) is 0 Å². The van der Waals surface area contributed by atoms with Gasteiger partial charge in [0.15, 0.2) is 0 Å². The van der Waals surface area contributed by atoms with Gasteiger partial charge in [0, 0.05) is 6.54 Å². The quantitative estimate of drug-likeness (QED) is 0.615. The minimum Gasteiger partial charge on any atom is -0.330 e. The van der Waals surface area contributed by atoms with Crippen molar-refractivity contribution in [2.24, 2.45) is 17.1 Å². The highest BCUT2D eigenvalue weighted by atomic mass is 14.9. The molecule has 1 atom stereocenters. The van der Waals surface area contributed by atoms with Gasteiger partial charge in [-0.05, 0) is 50.1 Å². The summed E-state index contributed by atoms with van der Waals surface area (Å²) in [6, 6.07) is 0. The van der Waals surface area contributed by atoms with E-state index in [1.807, 2.05) is 0 Å². The number of nitrogens with two attached hydrogens (primary N) is 1. The molecule has 0 aliphatic heterocycles. The van der Waals surface area contributed by atoms with Crippen LogP contribution >= 0.6 is 0 Å². The maximum Gasteiger partial charge on any atom is 0.000770 e. The molecule has 14 heavy (non-hydrogen) atoms. The average Bonchev–Trinajstić information content (AvgIpc) is 2.15. The van der Waals surface area contributed by atoms with Gasteiger partial charge in [0.1, 0.15) is 0 Å². The van der Waals surface area contributed by atoms with Gasteiger partial charge in [-0.2, -0.15) is 0 Å². The van der Waals surface area contributed by atoms with Gasteiger partial charge in [-0.15, -0.1) is 0 Å². The number of nitrogens with one attached hydrogen (secondary N) is 1. The molecule has 1 rings (SSSR count). The lowest BCUT2D eigenvalue weighted by molar-refractivity contribution is 0.124. The predicted octanol–water partition coefficient (Wildman–Crippen LogP) is 2.14. The van der Waals surface area contributed by atoms with E-state index in [1.165, 1.54) is 38.6 Å². The van der Waals surface area contributed by atoms with Gasteiger partial charge in [-0.3, -0.25) is 0 Å². The Morgan fingerprint density at radius 3 is 2.57 bits per heavy atom. The van der Waals surface area contributed by atoms with Crippen molar-refractivity contribution < 1.29 is 0 Å². The summed E-state index contributed by atoms with van der Waals surface area (Å²) in [5, 5.41) is 3.59. The van der Waals surface area contributed by atoms with Crippen LogP contribution in [0.3, 0.4) is 0 Å². The Labute approximate surface area is 88.6 Å². The second kappa shape index (κ2) is 5.72. The van der Waals surface area contributed by atoms with Crippen LogP contribution in [0.4, 0.5) is 0 Å². The summed E-state index contributed by atoms with van der Waals surface area (Å²) in [4.78, 5) is 0. The molecule has 2 nitrogen and oxygen atoms in total. The zero-order chi connectivity index (χ0) is 10.4. The van der Waals surface area contributed by atoms with Crippen molar-refractivity contribution in [2.45, 2.75) is 46.0 Å². The van der Waals surface area contributed by atoms with E-state index in [4.69, 9.17) is 5.73 Å². The molecule has 2 heteroatoms. The molecule has 0 radical (unpaired) electrons. The van der Waals surface area contributed by atoms with Crippen LogP contribution in [0.15, 0.2) is 0 Å². The van der Waals surface area contributed by atoms with Crippen molar-refractivity contribution in [3.05, 3.63) is 0 Å². The summed E-state index contributed by atoms with van der Waals surface area (Å²) in [5.41, 5.74) is 6.23. The maximum atomic E-state index is 5.58. The summed E-state index contributed by atoms with van der Waals surface area (Å²) in [7, 11) is 0. The summed E-state index contributed by atoms with van der Waals surface area (Å²) >= 11 is 0. The molecule has 0 bridgehead atoms. The van der Waals surface area contributed by atoms with E-state index in [9.17, 15) is 0 Å². The molecule has 1 fully saturated rings. The third kappa shape index (κ3) is 3.25. The molecular weight excluding hydrogens is 172 g/mol. The fourth-order valence-electron chi connectivity index (χ4n) is 2.15. The highest BCUT2D eigenvalue weighted by molar-refractivity contribution is 4.88. The van der Waals surface area contributed by atoms with Crippen LogP contribution in [0, 0.1) is 11.3 Å². The Morgan fingerprint density at radius 2 is 2.14 bits per heavy atom. The van der Waals surface area contributed by atoms with E-state index in [2.05, 4.69) is 19.2 Å². The molecular formula is C12H26N2. The van der Waals surface area contributed by atoms with Gasteiger partial charge < -0.3 is 11.1 Å². The Bertz CT molecular complexity index is 147. The van der Waals surface area contributed by atoms with Crippen molar-refractivity contribution in [1.29, 1.82) is 0 Å². The first-order valence-corrected chi connectivity index (χ1v) is 6.13. The fourth-order valence-corrected chi connectivity index (χ4v) is 2.15. The molecule has 84 valence electrons. The van der Waals surface area contributed by atoms with Crippen molar-refractivity contribution in [3.63, 3.8) is 0 Å². The molecule has 0 spiro atoms. The Balaban J connectivity index is 2.03. The summed E-state index contributed by atoms with van der Waals surface area (Å²) in [5.74, 6) is 0.668. The summed E-state index contributed by atoms with van der Waals surface area (Å²) in [6.45, 7) is 7.73. The molecule has 1 saturated carbocycles. The van der Waals surface area contributed by atoms with Gasteiger partial charge in [-0.25, -0.2) is 0 Å². The molecule has 3 N–H and O–H groups in total. The monoisotopic (exact) mass is 198 g/mol. The van der Waals surface area contributed by atoms with E-state index < -0.39 is 0 Å². The molecule has 1 unspecified atom stereocenters. The summed E-state index contributed by atoms with van der Waals surface area (Å²) < 4.78 is 0. The molecule has 0 aromatic rings. The lowest BCUT2D eigenvalue weighted by Crippen LogP contribution is -2.40. The summed E-state index contributed by atoms with van der Waals surface area (Å²) in [6.07, 6.45) is 6.86. The van der Waals surface area contributed by atoms with Crippen LogP contribution in [0.2, 0.25) is 0 Å². The normalized spacial score (nSPS) is 21.6. The Kier molecular flexibility index (Phi) is 4.90. The average molecular weight is 198 g/mol. The first-order chi connectivity index (χ1) is 6.72. The van der Waals surface area contributed by atoms with Gasteiger partial charge in [0.25, 0.3) is 0 Å². The lowest BCUT2D eigenvalue weighted by atomic mass is 9.67. The zero-order valence-electron chi connectivity index (χ0n) is 9.81. The second-order valence-corrected chi connectivity index (χ2v) is 5.01. The number of rotatable bonds is 7. The van der Waals surface area contributed by atoms with Crippen molar-refractivity contribution in [2.75, 3.05) is 19.6 Å². The van der Waals surface area contributed by atoms with Crippen molar-refractivity contribution >= 4 is 0 Å². The van der Waals surface area contributed by atoms with E-state index in [0.29, 0.717) is 11.3 Å². The van der Waals surface area contributed by atoms with E-state index in [0.717, 1.165) is 13.1 Å². The maximum absolute atomic E-state index is 5.58. The molecule has 1 aliphatic carbocycles. The van der Waals surface area contributed by atoms with E-state index in [-0.39, 0.29) is 0 Å².